The molecule has 6 nitrogen and oxygen atoms in total. The van der Waals surface area contributed by atoms with Crippen molar-refractivity contribution < 1.29 is 4.74 Å². The van der Waals surface area contributed by atoms with Crippen LogP contribution < -0.4 is 62.0 Å². The van der Waals surface area contributed by atoms with Gasteiger partial charge in [0.2, 0.25) is 0 Å². The van der Waals surface area contributed by atoms with Crippen molar-refractivity contribution in [3.8, 4) is 33.8 Å². The van der Waals surface area contributed by atoms with Crippen LogP contribution in [0.15, 0.2) is 322 Å². The summed E-state index contributed by atoms with van der Waals surface area (Å²) in [5, 5.41) is 0. The van der Waals surface area contributed by atoms with Crippen molar-refractivity contribution in [2.24, 2.45) is 0 Å². The standard InChI is InChI=1S/C90H65B2N5O/c1-89(2)71-40-22-20-38-67(71)69-48-46-63(50-73(69)89)96-79-44-26-24-42-75(79)91-77-56-78-85(57-81(77)95(62-36-18-9-19-37-62)82-52-65(53-83(96)87(82)91)93(58-28-10-5-11-29-58)59-30-12-6-13-31-59)98-86-55-66(94(60-32-14-7-15-33-60)61-34-16-8-17-35-61)54-84-88(86)92(78)76-43-25-27-45-80(76)97(84)64-47-49-70-68-39-21-23-41-72(68)90(3,4)74(70)51-64/h5-57H,1-4H3. The predicted octanol–water partition coefficient (Wildman–Crippen LogP) is 19.7. The van der Waals surface area contributed by atoms with Gasteiger partial charge in [0.15, 0.2) is 0 Å². The lowest BCUT2D eigenvalue weighted by atomic mass is 9.30. The van der Waals surface area contributed by atoms with E-state index in [1.807, 2.05) is 0 Å². The molecule has 98 heavy (non-hydrogen) atoms. The van der Waals surface area contributed by atoms with E-state index in [1.54, 1.807) is 0 Å². The fraction of sp³-hybridized carbons (Fsp3) is 0.0667. The molecule has 0 atom stereocenters. The lowest BCUT2D eigenvalue weighted by molar-refractivity contribution is 0.488. The molecule has 4 aliphatic heterocycles. The molecule has 0 amide bonds. The van der Waals surface area contributed by atoms with Gasteiger partial charge in [0.1, 0.15) is 11.5 Å². The van der Waals surface area contributed by atoms with Crippen LogP contribution in [-0.4, -0.2) is 13.4 Å². The van der Waals surface area contributed by atoms with E-state index in [2.05, 4.69) is 374 Å². The number of benzene rings is 14. The van der Waals surface area contributed by atoms with E-state index < -0.39 is 0 Å². The Balaban J connectivity index is 0.849. The second-order valence-electron chi connectivity index (χ2n) is 28.0. The number of hydrogen-bond donors (Lipinski definition) is 0. The Hall–Kier alpha value is -12.0. The smallest absolute Gasteiger partial charge is 0.256 e. The molecule has 4 heterocycles. The van der Waals surface area contributed by atoms with Gasteiger partial charge in [0.05, 0.1) is 11.4 Å². The summed E-state index contributed by atoms with van der Waals surface area (Å²) in [4.78, 5) is 12.5. The molecule has 0 spiro atoms. The van der Waals surface area contributed by atoms with Crippen LogP contribution in [0.2, 0.25) is 0 Å². The Labute approximate surface area is 573 Å². The van der Waals surface area contributed by atoms with Crippen molar-refractivity contribution in [2.45, 2.75) is 38.5 Å². The summed E-state index contributed by atoms with van der Waals surface area (Å²) in [7, 11) is 0. The maximum atomic E-state index is 7.88. The average molecular weight is 1250 g/mol. The molecule has 14 aromatic rings. The van der Waals surface area contributed by atoms with Crippen LogP contribution in [-0.2, 0) is 10.8 Å². The molecule has 0 fully saturated rings. The van der Waals surface area contributed by atoms with Gasteiger partial charge < -0.3 is 29.2 Å². The SMILES string of the molecule is CC1(C)c2ccccc2-c2ccc(N3c4ccccc4B4c5cc6c(cc5Oc5cc(N(c7ccccc7)c7ccccc7)cc3c54)N(c3ccccc3)c3cc(N(c4ccccc4)c4ccccc4)cc4c3B6c3ccccc3N4c3ccc4c(c3)C(C)(C)c3ccccc3-4)cc21. The largest absolute Gasteiger partial charge is 0.458 e. The van der Waals surface area contributed by atoms with Gasteiger partial charge in [-0.2, -0.15) is 0 Å². The summed E-state index contributed by atoms with van der Waals surface area (Å²) in [5.74, 6) is 1.66. The van der Waals surface area contributed by atoms with Gasteiger partial charge in [0.25, 0.3) is 13.4 Å². The molecule has 0 aromatic heterocycles. The van der Waals surface area contributed by atoms with Gasteiger partial charge in [0, 0.05) is 96.9 Å². The zero-order valence-electron chi connectivity index (χ0n) is 54.9. The molecule has 0 saturated carbocycles. The topological polar surface area (TPSA) is 25.4 Å². The first-order chi connectivity index (χ1) is 48.2. The fourth-order valence-electron chi connectivity index (χ4n) is 17.6. The number of para-hydroxylation sites is 7. The molecule has 0 unspecified atom stereocenters. The highest BCUT2D eigenvalue weighted by atomic mass is 16.5. The number of nitrogens with zero attached hydrogens (tertiary/aromatic N) is 5. The first-order valence-corrected chi connectivity index (χ1v) is 34.3. The minimum Gasteiger partial charge on any atom is -0.458 e. The van der Waals surface area contributed by atoms with E-state index in [-0.39, 0.29) is 24.3 Å². The molecule has 8 heteroatoms. The molecule has 6 aliphatic rings. The van der Waals surface area contributed by atoms with Crippen LogP contribution in [0.5, 0.6) is 11.5 Å². The first kappa shape index (κ1) is 56.4. The number of ether oxygens (including phenoxy) is 1. The number of anilines is 15. The van der Waals surface area contributed by atoms with E-state index in [1.165, 1.54) is 66.4 Å². The van der Waals surface area contributed by atoms with Gasteiger partial charge in [-0.25, -0.2) is 0 Å². The summed E-state index contributed by atoms with van der Waals surface area (Å²) in [6.45, 7) is 9.14. The summed E-state index contributed by atoms with van der Waals surface area (Å²) >= 11 is 0. The summed E-state index contributed by atoms with van der Waals surface area (Å²) in [6, 6.07) is 120. The van der Waals surface area contributed by atoms with E-state index in [0.29, 0.717) is 0 Å². The molecular weight excluding hydrogens is 1190 g/mol. The first-order valence-electron chi connectivity index (χ1n) is 34.3. The third-order valence-electron chi connectivity index (χ3n) is 22.0. The third kappa shape index (κ3) is 8.18. The summed E-state index contributed by atoms with van der Waals surface area (Å²) in [5.41, 5.74) is 33.6. The molecule has 0 saturated heterocycles. The van der Waals surface area contributed by atoms with Crippen LogP contribution in [0.25, 0.3) is 22.3 Å². The Morgan fingerprint density at radius 2 is 0.633 bits per heavy atom. The molecule has 462 valence electrons. The highest BCUT2D eigenvalue weighted by molar-refractivity contribution is 7.02. The molecule has 0 bridgehead atoms. The van der Waals surface area contributed by atoms with Crippen molar-refractivity contribution in [1.29, 1.82) is 0 Å². The van der Waals surface area contributed by atoms with Crippen molar-refractivity contribution >= 4 is 132 Å². The monoisotopic (exact) mass is 1250 g/mol. The van der Waals surface area contributed by atoms with Crippen molar-refractivity contribution in [1.82, 2.24) is 0 Å². The van der Waals surface area contributed by atoms with Crippen molar-refractivity contribution in [3.63, 3.8) is 0 Å². The second kappa shape index (κ2) is 21.3. The quantitative estimate of drug-likeness (QED) is 0.134. The molecule has 0 N–H and O–H groups in total. The summed E-state index contributed by atoms with van der Waals surface area (Å²) in [6.07, 6.45) is 0. The maximum Gasteiger partial charge on any atom is 0.256 e. The van der Waals surface area contributed by atoms with Gasteiger partial charge in [-0.05, 0) is 193 Å². The van der Waals surface area contributed by atoms with Crippen molar-refractivity contribution in [3.05, 3.63) is 344 Å². The lowest BCUT2D eigenvalue weighted by Gasteiger charge is -2.46. The van der Waals surface area contributed by atoms with E-state index in [9.17, 15) is 0 Å². The Kier molecular flexibility index (Phi) is 12.2. The second-order valence-corrected chi connectivity index (χ2v) is 28.0. The van der Waals surface area contributed by atoms with Gasteiger partial charge in [-0.15, -0.1) is 0 Å². The minimum atomic E-state index is -0.217. The normalized spacial score (nSPS) is 14.5. The molecule has 0 radical (unpaired) electrons. The van der Waals surface area contributed by atoms with Crippen LogP contribution in [0.3, 0.4) is 0 Å². The number of fused-ring (bicyclic) bond motifs is 14. The maximum absolute atomic E-state index is 7.88. The molecule has 14 aromatic carbocycles. The highest BCUT2D eigenvalue weighted by Crippen LogP contribution is 2.56. The number of hydrogen-bond acceptors (Lipinski definition) is 6. The molecule has 2 aliphatic carbocycles. The fourth-order valence-corrected chi connectivity index (χ4v) is 17.6. The third-order valence-corrected chi connectivity index (χ3v) is 22.0. The van der Waals surface area contributed by atoms with Crippen LogP contribution in [0.1, 0.15) is 49.9 Å². The van der Waals surface area contributed by atoms with Crippen LogP contribution in [0.4, 0.5) is 85.3 Å². The van der Waals surface area contributed by atoms with Crippen molar-refractivity contribution in [2.75, 3.05) is 24.5 Å². The summed E-state index contributed by atoms with van der Waals surface area (Å²) < 4.78 is 7.88. The lowest BCUT2D eigenvalue weighted by Crippen LogP contribution is -2.64. The molecule has 20 rings (SSSR count). The van der Waals surface area contributed by atoms with E-state index in [0.717, 1.165) is 108 Å². The van der Waals surface area contributed by atoms with E-state index >= 15 is 0 Å². The van der Waals surface area contributed by atoms with Crippen LogP contribution in [0, 0.1) is 0 Å². The Bertz CT molecular complexity index is 5530. The van der Waals surface area contributed by atoms with Gasteiger partial charge >= 0.3 is 0 Å². The molecular formula is C90H65B2N5O. The van der Waals surface area contributed by atoms with Gasteiger partial charge in [-0.1, -0.05) is 222 Å². The Morgan fingerprint density at radius 3 is 1.11 bits per heavy atom. The minimum absolute atomic E-state index is 0.193. The van der Waals surface area contributed by atoms with Gasteiger partial charge in [-0.3, -0.25) is 0 Å². The zero-order chi connectivity index (χ0) is 65.1. The van der Waals surface area contributed by atoms with Crippen LogP contribution >= 0.6 is 0 Å². The average Bonchev–Trinajstić information content (AvgIpc) is 0.879. The predicted molar refractivity (Wildman–Crippen MR) is 411 cm³/mol. The zero-order valence-corrected chi connectivity index (χ0v) is 54.9. The highest BCUT2D eigenvalue weighted by Gasteiger charge is 2.49. The Morgan fingerprint density at radius 1 is 0.255 bits per heavy atom. The van der Waals surface area contributed by atoms with E-state index in [4.69, 9.17) is 4.74 Å². The number of rotatable bonds is 9.